The van der Waals surface area contributed by atoms with E-state index in [2.05, 4.69) is 15.3 Å². The summed E-state index contributed by atoms with van der Waals surface area (Å²) in [5, 5.41) is 14.1. The van der Waals surface area contributed by atoms with Crippen LogP contribution in [0.1, 0.15) is 11.4 Å². The molecule has 4 rings (SSSR count). The fourth-order valence-corrected chi connectivity index (χ4v) is 3.47. The topological polar surface area (TPSA) is 66.2 Å². The van der Waals surface area contributed by atoms with E-state index >= 15 is 0 Å². The maximum atomic E-state index is 14.0. The van der Waals surface area contributed by atoms with Crippen molar-refractivity contribution in [3.05, 3.63) is 46.6 Å². The molecule has 0 bridgehead atoms. The van der Waals surface area contributed by atoms with Crippen LogP contribution in [0.2, 0.25) is 5.02 Å². The van der Waals surface area contributed by atoms with Crippen LogP contribution in [-0.2, 0) is 13.6 Å². The van der Waals surface area contributed by atoms with E-state index in [9.17, 15) is 9.50 Å². The Morgan fingerprint density at radius 2 is 2.15 bits per heavy atom. The summed E-state index contributed by atoms with van der Waals surface area (Å²) in [4.78, 5) is 10.2. The van der Waals surface area contributed by atoms with Gasteiger partial charge in [0.25, 0.3) is 0 Å². The average molecular weight is 376 g/mol. The second-order valence-corrected chi connectivity index (χ2v) is 7.03. The monoisotopic (exact) mass is 375 g/mol. The third-order valence-corrected chi connectivity index (χ3v) is 5.28. The summed E-state index contributed by atoms with van der Waals surface area (Å²) in [5.74, 6) is -0.125. The molecule has 2 aromatic heterocycles. The first-order chi connectivity index (χ1) is 12.4. The highest BCUT2D eigenvalue weighted by Gasteiger charge is 2.25. The van der Waals surface area contributed by atoms with Crippen molar-refractivity contribution in [3.63, 3.8) is 0 Å². The molecule has 0 radical (unpaired) electrons. The van der Waals surface area contributed by atoms with Crippen molar-refractivity contribution in [2.75, 3.05) is 18.4 Å². The van der Waals surface area contributed by atoms with Crippen molar-refractivity contribution in [1.29, 1.82) is 0 Å². The third kappa shape index (κ3) is 3.02. The van der Waals surface area contributed by atoms with Gasteiger partial charge in [-0.3, -0.25) is 4.90 Å². The minimum Gasteiger partial charge on any atom is -0.390 e. The molecule has 1 aliphatic heterocycles. The first-order valence-corrected chi connectivity index (χ1v) is 8.73. The zero-order valence-electron chi connectivity index (χ0n) is 14.5. The van der Waals surface area contributed by atoms with Crippen LogP contribution in [0.15, 0.2) is 24.4 Å². The number of anilines is 2. The van der Waals surface area contributed by atoms with E-state index in [-0.39, 0.29) is 6.10 Å². The van der Waals surface area contributed by atoms with Gasteiger partial charge in [-0.2, -0.15) is 0 Å². The highest BCUT2D eigenvalue weighted by Crippen LogP contribution is 2.32. The molecule has 26 heavy (non-hydrogen) atoms. The molecule has 0 unspecified atom stereocenters. The van der Waals surface area contributed by atoms with E-state index in [1.807, 2.05) is 41.6 Å². The molecule has 0 spiro atoms. The van der Waals surface area contributed by atoms with Crippen LogP contribution in [-0.4, -0.2) is 43.7 Å². The lowest BCUT2D eigenvalue weighted by molar-refractivity contribution is -0.00415. The minimum absolute atomic E-state index is 0.309. The Hall–Kier alpha value is -2.22. The van der Waals surface area contributed by atoms with Crippen LogP contribution in [0.25, 0.3) is 10.9 Å². The van der Waals surface area contributed by atoms with Crippen molar-refractivity contribution in [1.82, 2.24) is 19.4 Å². The molecule has 1 aliphatic rings. The van der Waals surface area contributed by atoms with Crippen molar-refractivity contribution < 1.29 is 9.50 Å². The molecule has 1 fully saturated rings. The Kier molecular flexibility index (Phi) is 4.30. The Morgan fingerprint density at radius 1 is 1.38 bits per heavy atom. The first-order valence-electron chi connectivity index (χ1n) is 8.36. The van der Waals surface area contributed by atoms with Crippen LogP contribution in [0.3, 0.4) is 0 Å². The predicted octanol–water partition coefficient (Wildman–Crippen LogP) is 2.99. The van der Waals surface area contributed by atoms with E-state index in [1.54, 1.807) is 0 Å². The molecule has 6 nitrogen and oxygen atoms in total. The summed E-state index contributed by atoms with van der Waals surface area (Å²) in [6, 6.07) is 5.82. The van der Waals surface area contributed by atoms with Gasteiger partial charge in [0, 0.05) is 49.0 Å². The molecule has 0 atom stereocenters. The fourth-order valence-electron chi connectivity index (χ4n) is 3.19. The highest BCUT2D eigenvalue weighted by atomic mass is 35.5. The second kappa shape index (κ2) is 6.50. The lowest BCUT2D eigenvalue weighted by atomic mass is 10.1. The predicted molar refractivity (Wildman–Crippen MR) is 99.2 cm³/mol. The summed E-state index contributed by atoms with van der Waals surface area (Å²) in [7, 11) is 1.97. The number of fused-ring (bicyclic) bond motifs is 1. The third-order valence-electron chi connectivity index (χ3n) is 4.80. The number of benzene rings is 1. The number of halogens is 2. The van der Waals surface area contributed by atoms with Gasteiger partial charge in [0.2, 0.25) is 5.95 Å². The Labute approximate surface area is 155 Å². The van der Waals surface area contributed by atoms with E-state index < -0.39 is 5.82 Å². The van der Waals surface area contributed by atoms with Gasteiger partial charge >= 0.3 is 0 Å². The largest absolute Gasteiger partial charge is 0.390 e. The number of likely N-dealkylation sites (tertiary alicyclic amines) is 1. The standard InChI is InChI=1S/C18H19ClFN5O/c1-10-17(19)13-5-11(3-4-16(13)24(10)2)22-18-21-6-14(20)15(23-18)9-25-7-12(26)8-25/h3-6,12,26H,7-9H2,1-2H3,(H,21,22,23). The molecule has 1 saturated heterocycles. The van der Waals surface area contributed by atoms with E-state index in [4.69, 9.17) is 11.6 Å². The van der Waals surface area contributed by atoms with Crippen LogP contribution in [0, 0.1) is 12.7 Å². The number of aliphatic hydroxyl groups is 1. The zero-order chi connectivity index (χ0) is 18.4. The molecular formula is C18H19ClFN5O. The van der Waals surface area contributed by atoms with Gasteiger partial charge in [-0.05, 0) is 25.1 Å². The van der Waals surface area contributed by atoms with Gasteiger partial charge in [-0.1, -0.05) is 11.6 Å². The average Bonchev–Trinajstić information content (AvgIpc) is 2.81. The van der Waals surface area contributed by atoms with E-state index in [0.29, 0.717) is 36.3 Å². The number of aliphatic hydroxyl groups excluding tert-OH is 1. The number of nitrogens with zero attached hydrogens (tertiary/aromatic N) is 4. The van der Waals surface area contributed by atoms with Crippen LogP contribution in [0.5, 0.6) is 0 Å². The molecule has 2 N–H and O–H groups in total. The van der Waals surface area contributed by atoms with Gasteiger partial charge in [0.05, 0.1) is 23.0 Å². The zero-order valence-corrected chi connectivity index (χ0v) is 15.3. The normalized spacial score (nSPS) is 15.4. The number of rotatable bonds is 4. The summed E-state index contributed by atoms with van der Waals surface area (Å²) in [6.07, 6.45) is 0.835. The second-order valence-electron chi connectivity index (χ2n) is 6.65. The minimum atomic E-state index is -0.450. The Morgan fingerprint density at radius 3 is 2.88 bits per heavy atom. The maximum absolute atomic E-state index is 14.0. The van der Waals surface area contributed by atoms with E-state index in [0.717, 1.165) is 22.3 Å². The van der Waals surface area contributed by atoms with Crippen LogP contribution in [0.4, 0.5) is 16.0 Å². The molecule has 0 aliphatic carbocycles. The van der Waals surface area contributed by atoms with Gasteiger partial charge in [-0.15, -0.1) is 0 Å². The van der Waals surface area contributed by atoms with Gasteiger partial charge in [0.15, 0.2) is 5.82 Å². The van der Waals surface area contributed by atoms with Gasteiger partial charge < -0.3 is 15.0 Å². The number of β-amino-alcohol motifs (C(OH)–C–C–N with tert-alkyl or cyclic N) is 1. The molecule has 0 amide bonds. The Bertz CT molecular complexity index is 983. The lowest BCUT2D eigenvalue weighted by Crippen LogP contribution is -2.50. The number of hydrogen-bond donors (Lipinski definition) is 2. The lowest BCUT2D eigenvalue weighted by Gasteiger charge is -2.35. The van der Waals surface area contributed by atoms with Gasteiger partial charge in [-0.25, -0.2) is 14.4 Å². The van der Waals surface area contributed by atoms with Crippen molar-refractivity contribution in [2.45, 2.75) is 19.6 Å². The van der Waals surface area contributed by atoms with Crippen molar-refractivity contribution >= 4 is 34.1 Å². The number of aromatic nitrogens is 3. The summed E-state index contributed by atoms with van der Waals surface area (Å²) >= 11 is 6.40. The fraction of sp³-hybridized carbons (Fsp3) is 0.333. The van der Waals surface area contributed by atoms with Crippen LogP contribution >= 0.6 is 11.6 Å². The summed E-state index contributed by atoms with van der Waals surface area (Å²) in [6.45, 7) is 3.39. The highest BCUT2D eigenvalue weighted by molar-refractivity contribution is 6.36. The maximum Gasteiger partial charge on any atom is 0.227 e. The quantitative estimate of drug-likeness (QED) is 0.733. The van der Waals surface area contributed by atoms with Crippen LogP contribution < -0.4 is 5.32 Å². The summed E-state index contributed by atoms with van der Waals surface area (Å²) in [5.41, 5.74) is 3.12. The van der Waals surface area contributed by atoms with Gasteiger partial charge in [0.1, 0.15) is 0 Å². The molecule has 136 valence electrons. The number of nitrogens with one attached hydrogen (secondary N) is 1. The summed E-state index contributed by atoms with van der Waals surface area (Å²) < 4.78 is 16.0. The molecule has 3 aromatic rings. The number of hydrogen-bond acceptors (Lipinski definition) is 5. The van der Waals surface area contributed by atoms with E-state index in [1.165, 1.54) is 6.20 Å². The Balaban J connectivity index is 1.59. The molecular weight excluding hydrogens is 357 g/mol. The molecule has 8 heteroatoms. The first kappa shape index (κ1) is 17.2. The number of aryl methyl sites for hydroxylation is 1. The smallest absolute Gasteiger partial charge is 0.227 e. The molecule has 0 saturated carbocycles. The van der Waals surface area contributed by atoms with Crippen molar-refractivity contribution in [3.8, 4) is 0 Å². The SMILES string of the molecule is Cc1c(Cl)c2cc(Nc3ncc(F)c(CN4CC(O)C4)n3)ccc2n1C. The van der Waals surface area contributed by atoms with Crippen molar-refractivity contribution in [2.24, 2.45) is 7.05 Å². The molecule has 3 heterocycles. The molecule has 1 aromatic carbocycles.